The number of hydrogen-bond donors (Lipinski definition) is 0. The maximum absolute atomic E-state index is 12.5. The van der Waals surface area contributed by atoms with Gasteiger partial charge in [-0.05, 0) is 50.3 Å². The number of nitrogens with zero attached hydrogens (tertiary/aromatic N) is 1. The van der Waals surface area contributed by atoms with Crippen LogP contribution in [0.15, 0.2) is 6.07 Å². The van der Waals surface area contributed by atoms with Gasteiger partial charge in [0.2, 0.25) is 0 Å². The monoisotopic (exact) mass is 243 g/mol. The zero-order valence-electron chi connectivity index (χ0n) is 11.3. The number of aryl methyl sites for hydroxylation is 2. The van der Waals surface area contributed by atoms with E-state index in [-0.39, 0.29) is 5.78 Å². The van der Waals surface area contributed by atoms with Crippen molar-refractivity contribution in [3.8, 4) is 11.8 Å². The number of benzene rings is 1. The Labute approximate surface area is 107 Å². The number of methoxy groups -OCH3 is 1. The van der Waals surface area contributed by atoms with Crippen LogP contribution in [-0.2, 0) is 0 Å². The van der Waals surface area contributed by atoms with Gasteiger partial charge in [0.1, 0.15) is 11.2 Å². The lowest BCUT2D eigenvalue weighted by Gasteiger charge is -2.17. The lowest BCUT2D eigenvalue weighted by Crippen LogP contribution is -2.17. The average molecular weight is 243 g/mol. The number of ether oxygens (including phenoxy) is 1. The molecule has 0 aromatic heterocycles. The highest BCUT2D eigenvalue weighted by molar-refractivity contribution is 6.07. The number of hydrogen-bond acceptors (Lipinski definition) is 3. The van der Waals surface area contributed by atoms with Crippen LogP contribution in [0.5, 0.6) is 5.75 Å². The fourth-order valence-electron chi connectivity index (χ4n) is 2.34. The minimum atomic E-state index is -0.792. The molecule has 1 aliphatic rings. The van der Waals surface area contributed by atoms with E-state index in [0.717, 1.165) is 16.7 Å². The van der Waals surface area contributed by atoms with Crippen LogP contribution in [0.3, 0.4) is 0 Å². The lowest BCUT2D eigenvalue weighted by molar-refractivity contribution is 0.0930. The molecule has 2 rings (SSSR count). The van der Waals surface area contributed by atoms with Crippen molar-refractivity contribution in [2.45, 2.75) is 33.6 Å². The predicted octanol–water partition coefficient (Wildman–Crippen LogP) is 3.11. The van der Waals surface area contributed by atoms with Crippen molar-refractivity contribution in [1.29, 1.82) is 5.26 Å². The summed E-state index contributed by atoms with van der Waals surface area (Å²) in [5.41, 5.74) is 2.75. The van der Waals surface area contributed by atoms with Crippen LogP contribution in [0, 0.1) is 37.5 Å². The topological polar surface area (TPSA) is 50.1 Å². The second kappa shape index (κ2) is 4.13. The summed E-state index contributed by atoms with van der Waals surface area (Å²) in [6.45, 7) is 5.84. The lowest BCUT2D eigenvalue weighted by atomic mass is 9.89. The van der Waals surface area contributed by atoms with Gasteiger partial charge in [-0.25, -0.2) is 0 Å². The molecule has 18 heavy (non-hydrogen) atoms. The Morgan fingerprint density at radius 3 is 2.39 bits per heavy atom. The van der Waals surface area contributed by atoms with E-state index in [1.54, 1.807) is 7.11 Å². The van der Waals surface area contributed by atoms with Crippen LogP contribution in [0.1, 0.15) is 39.9 Å². The van der Waals surface area contributed by atoms with Gasteiger partial charge in [-0.3, -0.25) is 4.79 Å². The SMILES string of the molecule is COc1c(C)c(C)cc(C)c1C(=O)C1(C#N)CC1. The minimum Gasteiger partial charge on any atom is -0.496 e. The second-order valence-electron chi connectivity index (χ2n) is 5.07. The van der Waals surface area contributed by atoms with Gasteiger partial charge in [-0.1, -0.05) is 6.07 Å². The number of carbonyl (C=O) groups excluding carboxylic acids is 1. The first-order valence-corrected chi connectivity index (χ1v) is 6.07. The third kappa shape index (κ3) is 1.69. The van der Waals surface area contributed by atoms with E-state index >= 15 is 0 Å². The normalized spacial score (nSPS) is 15.9. The number of ketones is 1. The van der Waals surface area contributed by atoms with Gasteiger partial charge < -0.3 is 4.74 Å². The molecule has 0 spiro atoms. The largest absolute Gasteiger partial charge is 0.496 e. The molecule has 94 valence electrons. The summed E-state index contributed by atoms with van der Waals surface area (Å²) in [5, 5.41) is 9.15. The van der Waals surface area contributed by atoms with Crippen molar-refractivity contribution in [3.05, 3.63) is 28.3 Å². The molecule has 0 unspecified atom stereocenters. The van der Waals surface area contributed by atoms with Crippen LogP contribution >= 0.6 is 0 Å². The van der Waals surface area contributed by atoms with Gasteiger partial charge in [0.05, 0.1) is 18.7 Å². The highest BCUT2D eigenvalue weighted by Gasteiger charge is 2.51. The summed E-state index contributed by atoms with van der Waals surface area (Å²) in [6, 6.07) is 4.14. The van der Waals surface area contributed by atoms with Gasteiger partial charge in [0.15, 0.2) is 5.78 Å². The number of Topliss-reactive ketones (excluding diaryl/α,β-unsaturated/α-hetero) is 1. The third-order valence-electron chi connectivity index (χ3n) is 3.82. The Morgan fingerprint density at radius 1 is 1.33 bits per heavy atom. The summed E-state index contributed by atoms with van der Waals surface area (Å²) in [5.74, 6) is 0.543. The highest BCUT2D eigenvalue weighted by Crippen LogP contribution is 2.49. The molecule has 1 aliphatic carbocycles. The molecule has 1 aromatic carbocycles. The summed E-state index contributed by atoms with van der Waals surface area (Å²) >= 11 is 0. The van der Waals surface area contributed by atoms with E-state index in [9.17, 15) is 4.79 Å². The molecule has 0 saturated heterocycles. The Balaban J connectivity index is 2.61. The molecule has 0 N–H and O–H groups in total. The van der Waals surface area contributed by atoms with Crippen LogP contribution in [-0.4, -0.2) is 12.9 Å². The molecule has 1 saturated carbocycles. The standard InChI is InChI=1S/C15H17NO2/c1-9-7-10(2)12(13(18-4)11(9)3)14(17)15(8-16)5-6-15/h7H,5-6H2,1-4H3. The summed E-state index contributed by atoms with van der Waals surface area (Å²) in [4.78, 5) is 12.5. The van der Waals surface area contributed by atoms with E-state index in [1.807, 2.05) is 26.8 Å². The second-order valence-corrected chi connectivity index (χ2v) is 5.07. The fourth-order valence-corrected chi connectivity index (χ4v) is 2.34. The van der Waals surface area contributed by atoms with Crippen LogP contribution < -0.4 is 4.74 Å². The number of nitriles is 1. The molecule has 0 amide bonds. The maximum atomic E-state index is 12.5. The molecule has 3 heteroatoms. The molecule has 1 fully saturated rings. The van der Waals surface area contributed by atoms with Crippen molar-refractivity contribution in [1.82, 2.24) is 0 Å². The number of rotatable bonds is 3. The maximum Gasteiger partial charge on any atom is 0.187 e. The number of carbonyl (C=O) groups is 1. The van der Waals surface area contributed by atoms with E-state index in [0.29, 0.717) is 24.2 Å². The fraction of sp³-hybridized carbons (Fsp3) is 0.467. The smallest absolute Gasteiger partial charge is 0.187 e. The van der Waals surface area contributed by atoms with E-state index in [2.05, 4.69) is 6.07 Å². The molecular weight excluding hydrogens is 226 g/mol. The van der Waals surface area contributed by atoms with Crippen molar-refractivity contribution in [2.24, 2.45) is 5.41 Å². The van der Waals surface area contributed by atoms with E-state index in [1.165, 1.54) is 0 Å². The van der Waals surface area contributed by atoms with Gasteiger partial charge in [0, 0.05) is 0 Å². The molecule has 0 bridgehead atoms. The molecule has 3 nitrogen and oxygen atoms in total. The zero-order valence-corrected chi connectivity index (χ0v) is 11.3. The van der Waals surface area contributed by atoms with Crippen molar-refractivity contribution >= 4 is 5.78 Å². The Morgan fingerprint density at radius 2 is 1.94 bits per heavy atom. The molecular formula is C15H17NO2. The molecule has 0 aliphatic heterocycles. The zero-order chi connectivity index (χ0) is 13.5. The van der Waals surface area contributed by atoms with E-state index < -0.39 is 5.41 Å². The molecule has 0 radical (unpaired) electrons. The van der Waals surface area contributed by atoms with Crippen molar-refractivity contribution in [2.75, 3.05) is 7.11 Å². The van der Waals surface area contributed by atoms with Gasteiger partial charge in [-0.15, -0.1) is 0 Å². The van der Waals surface area contributed by atoms with Gasteiger partial charge >= 0.3 is 0 Å². The Kier molecular flexibility index (Phi) is 2.90. The average Bonchev–Trinajstić information content (AvgIpc) is 3.13. The summed E-state index contributed by atoms with van der Waals surface area (Å²) < 4.78 is 5.40. The Hall–Kier alpha value is -1.82. The first kappa shape index (κ1) is 12.6. The quantitative estimate of drug-likeness (QED) is 0.766. The van der Waals surface area contributed by atoms with E-state index in [4.69, 9.17) is 10.00 Å². The van der Waals surface area contributed by atoms with Crippen LogP contribution in [0.25, 0.3) is 0 Å². The summed E-state index contributed by atoms with van der Waals surface area (Å²) in [6.07, 6.45) is 1.33. The first-order chi connectivity index (χ1) is 8.46. The van der Waals surface area contributed by atoms with Crippen molar-refractivity contribution < 1.29 is 9.53 Å². The highest BCUT2D eigenvalue weighted by atomic mass is 16.5. The summed E-state index contributed by atoms with van der Waals surface area (Å²) in [7, 11) is 1.57. The molecule has 0 heterocycles. The van der Waals surface area contributed by atoms with Crippen LogP contribution in [0.2, 0.25) is 0 Å². The molecule has 0 atom stereocenters. The molecule has 1 aromatic rings. The van der Waals surface area contributed by atoms with Gasteiger partial charge in [-0.2, -0.15) is 5.26 Å². The Bertz CT molecular complexity index is 563. The predicted molar refractivity (Wildman–Crippen MR) is 68.8 cm³/mol. The first-order valence-electron chi connectivity index (χ1n) is 6.07. The minimum absolute atomic E-state index is 0.0811. The van der Waals surface area contributed by atoms with Crippen LogP contribution in [0.4, 0.5) is 0 Å². The van der Waals surface area contributed by atoms with Crippen molar-refractivity contribution in [3.63, 3.8) is 0 Å². The van der Waals surface area contributed by atoms with Gasteiger partial charge in [0.25, 0.3) is 0 Å². The third-order valence-corrected chi connectivity index (χ3v) is 3.82.